The molecule has 0 aromatic heterocycles. The molecule has 7 atom stereocenters. The highest BCUT2D eigenvalue weighted by atomic mass is 16.6. The number of allylic oxidation sites excluding steroid dienone is 2. The first-order valence-corrected chi connectivity index (χ1v) is 13.0. The number of carbonyl (C=O) groups is 2. The number of benzene rings is 1. The molecule has 1 heterocycles. The molecule has 1 aliphatic rings. The number of fused-ring (bicyclic) bond motifs is 2. The number of ether oxygens (including phenoxy) is 4. The zero-order chi connectivity index (χ0) is 30.1. The van der Waals surface area contributed by atoms with Gasteiger partial charge < -0.3 is 45.3 Å². The van der Waals surface area contributed by atoms with Gasteiger partial charge in [-0.1, -0.05) is 38.2 Å². The van der Waals surface area contributed by atoms with E-state index in [1.54, 1.807) is 39.0 Å². The van der Waals surface area contributed by atoms with Gasteiger partial charge in [-0.3, -0.25) is 4.79 Å². The molecule has 40 heavy (non-hydrogen) atoms. The average Bonchev–Trinajstić information content (AvgIpc) is 2.90. The van der Waals surface area contributed by atoms with Crippen LogP contribution in [0.25, 0.3) is 0 Å². The standard InChI is InChI=1S/C29H42N2O9/c1-15-9-8-10-22(37-5)27(40-29(30)36)17(3)11-16(2)24(33)23(38-6)12-18(4)26(39-7)20-13-19(32)14-21(25(20)34)31-28(15)35/h8-11,13-14,16,18,22-24,26-27,32-34H,12H2,1-7H3,(H2,30,36)(H,31,35)/b10-8-,15-9+,17-11+/t16-,18-,22-,23-,24+,26+,27-/m0/s1. The van der Waals surface area contributed by atoms with Gasteiger partial charge in [0.05, 0.1) is 24.0 Å². The van der Waals surface area contributed by atoms with Gasteiger partial charge in [-0.25, -0.2) is 4.79 Å². The number of primary amides is 1. The minimum absolute atomic E-state index is 0.00496. The lowest BCUT2D eigenvalue weighted by Gasteiger charge is -2.32. The van der Waals surface area contributed by atoms with E-state index in [0.717, 1.165) is 0 Å². The zero-order valence-corrected chi connectivity index (χ0v) is 24.1. The van der Waals surface area contributed by atoms with E-state index in [1.807, 2.05) is 6.92 Å². The fraction of sp³-hybridized carbons (Fsp3) is 0.517. The third kappa shape index (κ3) is 8.31. The summed E-state index contributed by atoms with van der Waals surface area (Å²) in [7, 11) is 4.39. The molecule has 0 aliphatic carbocycles. The molecular weight excluding hydrogens is 520 g/mol. The van der Waals surface area contributed by atoms with Crippen LogP contribution in [0.2, 0.25) is 0 Å². The number of amides is 2. The van der Waals surface area contributed by atoms with Gasteiger partial charge in [0.2, 0.25) is 0 Å². The van der Waals surface area contributed by atoms with Crippen LogP contribution in [0.3, 0.4) is 0 Å². The SMILES string of the molecule is CO[C@H]1/C=C\C=C(/C)C(=O)Nc2cc(O)cc(c2O)[C@H](OC)[C@@H](C)C[C@H](OC)[C@H](O)[C@@H](C)/C=C(\C)[C@@H]1OC(N)=O. The number of aliphatic hydroxyl groups excluding tert-OH is 1. The molecule has 6 N–H and O–H groups in total. The molecule has 2 amide bonds. The quantitative estimate of drug-likeness (QED) is 0.209. The second-order valence-corrected chi connectivity index (χ2v) is 10.1. The minimum atomic E-state index is -0.995. The van der Waals surface area contributed by atoms with Crippen molar-refractivity contribution in [2.45, 2.75) is 64.6 Å². The maximum atomic E-state index is 12.9. The van der Waals surface area contributed by atoms with Crippen molar-refractivity contribution in [3.63, 3.8) is 0 Å². The number of nitrogens with two attached hydrogens (primary N) is 1. The number of aliphatic hydroxyl groups is 1. The second kappa shape index (κ2) is 14.8. The van der Waals surface area contributed by atoms with Crippen LogP contribution in [0.1, 0.15) is 45.8 Å². The van der Waals surface area contributed by atoms with Crippen LogP contribution in [0, 0.1) is 11.8 Å². The number of hydrogen-bond acceptors (Lipinski definition) is 9. The third-order valence-corrected chi connectivity index (χ3v) is 7.07. The maximum absolute atomic E-state index is 12.9. The maximum Gasteiger partial charge on any atom is 0.405 e. The summed E-state index contributed by atoms with van der Waals surface area (Å²) >= 11 is 0. The number of carbonyl (C=O) groups excluding carboxylic acids is 2. The summed E-state index contributed by atoms with van der Waals surface area (Å²) in [5.41, 5.74) is 6.48. The Labute approximate surface area is 235 Å². The highest BCUT2D eigenvalue weighted by molar-refractivity contribution is 6.04. The van der Waals surface area contributed by atoms with E-state index in [0.29, 0.717) is 12.0 Å². The number of aromatic hydroxyl groups is 2. The summed E-state index contributed by atoms with van der Waals surface area (Å²) in [4.78, 5) is 24.6. The van der Waals surface area contributed by atoms with Crippen molar-refractivity contribution in [3.8, 4) is 11.5 Å². The molecule has 2 rings (SSSR count). The fourth-order valence-electron chi connectivity index (χ4n) is 4.88. The number of phenols is 2. The summed E-state index contributed by atoms with van der Waals surface area (Å²) in [5.74, 6) is -1.70. The molecular formula is C29H42N2O9. The van der Waals surface area contributed by atoms with Crippen LogP contribution in [0.4, 0.5) is 10.5 Å². The Kier molecular flexibility index (Phi) is 12.2. The fourth-order valence-corrected chi connectivity index (χ4v) is 4.88. The predicted octanol–water partition coefficient (Wildman–Crippen LogP) is 3.70. The average molecular weight is 563 g/mol. The molecule has 0 saturated carbocycles. The predicted molar refractivity (Wildman–Crippen MR) is 150 cm³/mol. The minimum Gasteiger partial charge on any atom is -0.508 e. The number of hydrogen-bond donors (Lipinski definition) is 5. The largest absolute Gasteiger partial charge is 0.508 e. The van der Waals surface area contributed by atoms with Gasteiger partial charge >= 0.3 is 6.09 Å². The number of nitrogens with one attached hydrogen (secondary N) is 1. The van der Waals surface area contributed by atoms with Gasteiger partial charge in [0.1, 0.15) is 17.6 Å². The first-order valence-electron chi connectivity index (χ1n) is 13.0. The van der Waals surface area contributed by atoms with Crippen molar-refractivity contribution < 1.29 is 43.9 Å². The lowest BCUT2D eigenvalue weighted by atomic mass is 9.86. The van der Waals surface area contributed by atoms with Crippen LogP contribution in [0.5, 0.6) is 11.5 Å². The van der Waals surface area contributed by atoms with Crippen LogP contribution in [-0.2, 0) is 23.7 Å². The van der Waals surface area contributed by atoms with Crippen LogP contribution < -0.4 is 11.1 Å². The Balaban J connectivity index is 2.67. The molecule has 11 nitrogen and oxygen atoms in total. The number of methoxy groups -OCH3 is 3. The number of anilines is 1. The van der Waals surface area contributed by atoms with Crippen molar-refractivity contribution in [1.82, 2.24) is 0 Å². The normalized spacial score (nSPS) is 32.2. The van der Waals surface area contributed by atoms with Crippen LogP contribution in [-0.4, -0.2) is 73.1 Å². The number of phenolic OH excluding ortho intramolecular Hbond substituents is 2. The van der Waals surface area contributed by atoms with E-state index in [9.17, 15) is 24.9 Å². The Morgan fingerprint density at radius 3 is 2.30 bits per heavy atom. The molecule has 1 aromatic rings. The van der Waals surface area contributed by atoms with E-state index in [2.05, 4.69) is 5.32 Å². The molecule has 0 unspecified atom stereocenters. The van der Waals surface area contributed by atoms with Crippen LogP contribution >= 0.6 is 0 Å². The van der Waals surface area contributed by atoms with Gasteiger partial charge in [0.25, 0.3) is 5.91 Å². The molecule has 0 radical (unpaired) electrons. The summed E-state index contributed by atoms with van der Waals surface area (Å²) in [5, 5.41) is 35.3. The third-order valence-electron chi connectivity index (χ3n) is 7.07. The van der Waals surface area contributed by atoms with E-state index >= 15 is 0 Å². The van der Waals surface area contributed by atoms with Crippen molar-refractivity contribution in [2.75, 3.05) is 26.6 Å². The Bertz CT molecular complexity index is 1130. The summed E-state index contributed by atoms with van der Waals surface area (Å²) < 4.78 is 22.3. The molecule has 222 valence electrons. The Morgan fingerprint density at radius 2 is 1.73 bits per heavy atom. The molecule has 0 saturated heterocycles. The van der Waals surface area contributed by atoms with E-state index in [-0.39, 0.29) is 34.2 Å². The molecule has 11 heteroatoms. The zero-order valence-electron chi connectivity index (χ0n) is 24.1. The van der Waals surface area contributed by atoms with Gasteiger partial charge in [-0.05, 0) is 37.8 Å². The van der Waals surface area contributed by atoms with Crippen molar-refractivity contribution in [3.05, 3.63) is 53.1 Å². The van der Waals surface area contributed by atoms with Gasteiger partial charge in [0, 0.05) is 44.5 Å². The Morgan fingerprint density at radius 1 is 1.05 bits per heavy atom. The highest BCUT2D eigenvalue weighted by Gasteiger charge is 2.32. The molecule has 2 bridgehead atoms. The summed E-state index contributed by atoms with van der Waals surface area (Å²) in [6.07, 6.45) is 1.78. The van der Waals surface area contributed by atoms with E-state index in [4.69, 9.17) is 24.7 Å². The van der Waals surface area contributed by atoms with E-state index < -0.39 is 48.4 Å². The smallest absolute Gasteiger partial charge is 0.405 e. The van der Waals surface area contributed by atoms with E-state index in [1.165, 1.54) is 39.5 Å². The summed E-state index contributed by atoms with van der Waals surface area (Å²) in [6.45, 7) is 6.97. The first-order chi connectivity index (χ1) is 18.8. The monoisotopic (exact) mass is 562 g/mol. The van der Waals surface area contributed by atoms with Gasteiger partial charge in [0.15, 0.2) is 6.10 Å². The molecule has 0 spiro atoms. The van der Waals surface area contributed by atoms with Crippen molar-refractivity contribution in [1.29, 1.82) is 0 Å². The molecule has 0 fully saturated rings. The summed E-state index contributed by atoms with van der Waals surface area (Å²) in [6, 6.07) is 2.62. The Hall–Kier alpha value is -3.38. The van der Waals surface area contributed by atoms with Crippen molar-refractivity contribution in [2.24, 2.45) is 17.6 Å². The number of rotatable bonds is 4. The molecule has 1 aliphatic heterocycles. The molecule has 1 aromatic carbocycles. The lowest BCUT2D eigenvalue weighted by molar-refractivity contribution is -0.112. The van der Waals surface area contributed by atoms with Crippen molar-refractivity contribution >= 4 is 17.7 Å². The highest BCUT2D eigenvalue weighted by Crippen LogP contribution is 2.41. The van der Waals surface area contributed by atoms with Gasteiger partial charge in [-0.2, -0.15) is 0 Å². The second-order valence-electron chi connectivity index (χ2n) is 10.1. The topological polar surface area (TPSA) is 170 Å². The van der Waals surface area contributed by atoms with Crippen LogP contribution in [0.15, 0.2) is 47.6 Å². The lowest BCUT2D eigenvalue weighted by Crippen LogP contribution is -2.37. The first kappa shape index (κ1) is 32.8. The van der Waals surface area contributed by atoms with Gasteiger partial charge in [-0.15, -0.1) is 0 Å².